The summed E-state index contributed by atoms with van der Waals surface area (Å²) in [6.07, 6.45) is 1.33. The van der Waals surface area contributed by atoms with Crippen LogP contribution in [0.1, 0.15) is 19.3 Å². The van der Waals surface area contributed by atoms with Gasteiger partial charge in [-0.2, -0.15) is 0 Å². The normalized spacial score (nSPS) is 23.1. The van der Waals surface area contributed by atoms with Gasteiger partial charge in [0.1, 0.15) is 11.6 Å². The molecule has 1 aromatic carbocycles. The molecule has 0 spiro atoms. The monoisotopic (exact) mass is 306 g/mol. The van der Waals surface area contributed by atoms with Crippen LogP contribution >= 0.6 is 0 Å². The number of rotatable bonds is 4. The third kappa shape index (κ3) is 3.25. The topological polar surface area (TPSA) is 92.4 Å². The van der Waals surface area contributed by atoms with Crippen molar-refractivity contribution in [3.05, 3.63) is 23.8 Å². The highest BCUT2D eigenvalue weighted by Crippen LogP contribution is 2.26. The van der Waals surface area contributed by atoms with E-state index in [1.165, 1.54) is 0 Å². The summed E-state index contributed by atoms with van der Waals surface area (Å²) in [4.78, 5) is -1.02. The van der Waals surface area contributed by atoms with Crippen LogP contribution in [0, 0.1) is 17.6 Å². The predicted octanol–water partition coefficient (Wildman–Crippen LogP) is 0.986. The van der Waals surface area contributed by atoms with Crippen LogP contribution in [0.15, 0.2) is 17.0 Å². The highest BCUT2D eigenvalue weighted by Gasteiger charge is 2.28. The van der Waals surface area contributed by atoms with Gasteiger partial charge in [-0.1, -0.05) is 0 Å². The van der Waals surface area contributed by atoms with E-state index in [4.69, 9.17) is 5.73 Å². The predicted molar refractivity (Wildman–Crippen MR) is 69.3 cm³/mol. The molecule has 2 rings (SSSR count). The average molecular weight is 306 g/mol. The third-order valence-corrected chi connectivity index (χ3v) is 4.84. The Balaban J connectivity index is 2.15. The SMILES string of the molecule is Nc1cc(F)c(S(=O)(=O)NCC2CCC(O)C2)c(F)c1. The molecule has 0 saturated heterocycles. The van der Waals surface area contributed by atoms with Crippen LogP contribution in [0.3, 0.4) is 0 Å². The summed E-state index contributed by atoms with van der Waals surface area (Å²) in [7, 11) is -4.28. The van der Waals surface area contributed by atoms with E-state index in [2.05, 4.69) is 4.72 Å². The Hall–Kier alpha value is -1.25. The Bertz CT molecular complexity index is 584. The zero-order chi connectivity index (χ0) is 14.9. The molecule has 1 aliphatic rings. The van der Waals surface area contributed by atoms with Gasteiger partial charge in [0.25, 0.3) is 0 Å². The number of nitrogens with one attached hydrogen (secondary N) is 1. The number of sulfonamides is 1. The summed E-state index contributed by atoms with van der Waals surface area (Å²) in [6, 6.07) is 1.52. The minimum atomic E-state index is -4.28. The van der Waals surface area contributed by atoms with E-state index in [1.807, 2.05) is 0 Å². The molecule has 0 bridgehead atoms. The molecule has 5 nitrogen and oxygen atoms in total. The summed E-state index contributed by atoms with van der Waals surface area (Å²) in [5, 5.41) is 9.35. The number of hydrogen-bond acceptors (Lipinski definition) is 4. The molecule has 0 amide bonds. The summed E-state index contributed by atoms with van der Waals surface area (Å²) >= 11 is 0. The molecule has 1 aromatic rings. The van der Waals surface area contributed by atoms with Gasteiger partial charge in [0.2, 0.25) is 10.0 Å². The van der Waals surface area contributed by atoms with Crippen molar-refractivity contribution in [3.63, 3.8) is 0 Å². The van der Waals surface area contributed by atoms with Gasteiger partial charge in [0, 0.05) is 12.2 Å². The number of benzene rings is 1. The molecule has 20 heavy (non-hydrogen) atoms. The lowest BCUT2D eigenvalue weighted by molar-refractivity contribution is 0.178. The fraction of sp³-hybridized carbons (Fsp3) is 0.500. The molecule has 0 heterocycles. The van der Waals surface area contributed by atoms with Crippen LogP contribution in [0.5, 0.6) is 0 Å². The second kappa shape index (κ2) is 5.63. The van der Waals surface area contributed by atoms with Gasteiger partial charge in [-0.25, -0.2) is 21.9 Å². The fourth-order valence-electron chi connectivity index (χ4n) is 2.37. The van der Waals surface area contributed by atoms with E-state index >= 15 is 0 Å². The second-order valence-electron chi connectivity index (χ2n) is 5.00. The number of aliphatic hydroxyl groups excluding tert-OH is 1. The molecular formula is C12H16F2N2O3S. The molecule has 2 atom stereocenters. The lowest BCUT2D eigenvalue weighted by Crippen LogP contribution is -2.30. The second-order valence-corrected chi connectivity index (χ2v) is 6.70. The van der Waals surface area contributed by atoms with E-state index in [0.717, 1.165) is 12.1 Å². The van der Waals surface area contributed by atoms with E-state index in [-0.39, 0.29) is 18.2 Å². The molecular weight excluding hydrogens is 290 g/mol. The largest absolute Gasteiger partial charge is 0.399 e. The van der Waals surface area contributed by atoms with Gasteiger partial charge >= 0.3 is 0 Å². The average Bonchev–Trinajstić information content (AvgIpc) is 2.71. The van der Waals surface area contributed by atoms with E-state index < -0.39 is 32.7 Å². The van der Waals surface area contributed by atoms with E-state index in [9.17, 15) is 22.3 Å². The number of aliphatic hydroxyl groups is 1. The third-order valence-electron chi connectivity index (χ3n) is 3.36. The summed E-state index contributed by atoms with van der Waals surface area (Å²) < 4.78 is 53.2. The van der Waals surface area contributed by atoms with Crippen molar-refractivity contribution in [1.29, 1.82) is 0 Å². The van der Waals surface area contributed by atoms with Crippen LogP contribution in [-0.4, -0.2) is 26.2 Å². The fourth-order valence-corrected chi connectivity index (χ4v) is 3.60. The molecule has 1 fully saturated rings. The number of nitrogen functional groups attached to an aromatic ring is 1. The van der Waals surface area contributed by atoms with Crippen LogP contribution in [0.2, 0.25) is 0 Å². The minimum absolute atomic E-state index is 0.0281. The van der Waals surface area contributed by atoms with Gasteiger partial charge in [0.15, 0.2) is 4.90 Å². The van der Waals surface area contributed by atoms with Gasteiger partial charge in [0.05, 0.1) is 6.10 Å². The Morgan fingerprint density at radius 2 is 1.90 bits per heavy atom. The van der Waals surface area contributed by atoms with Crippen LogP contribution < -0.4 is 10.5 Å². The Morgan fingerprint density at radius 3 is 2.40 bits per heavy atom. The first-order valence-corrected chi connectivity index (χ1v) is 7.70. The van der Waals surface area contributed by atoms with Crippen molar-refractivity contribution >= 4 is 15.7 Å². The van der Waals surface area contributed by atoms with Gasteiger partial charge < -0.3 is 10.8 Å². The first-order valence-electron chi connectivity index (χ1n) is 6.22. The van der Waals surface area contributed by atoms with Gasteiger partial charge in [-0.05, 0) is 37.3 Å². The highest BCUT2D eigenvalue weighted by atomic mass is 32.2. The lowest BCUT2D eigenvalue weighted by atomic mass is 10.1. The van der Waals surface area contributed by atoms with Crippen LogP contribution in [0.4, 0.5) is 14.5 Å². The quantitative estimate of drug-likeness (QED) is 0.723. The maximum absolute atomic E-state index is 13.6. The molecule has 8 heteroatoms. The van der Waals surface area contributed by atoms with Crippen LogP contribution in [0.25, 0.3) is 0 Å². The van der Waals surface area contributed by atoms with Crippen molar-refractivity contribution < 1.29 is 22.3 Å². The molecule has 0 aromatic heterocycles. The molecule has 4 N–H and O–H groups in total. The molecule has 0 radical (unpaired) electrons. The van der Waals surface area contributed by atoms with Crippen molar-refractivity contribution in [2.24, 2.45) is 5.92 Å². The molecule has 0 aliphatic heterocycles. The summed E-state index contributed by atoms with van der Waals surface area (Å²) in [5.74, 6) is -2.47. The Labute approximate surface area is 115 Å². The lowest BCUT2D eigenvalue weighted by Gasteiger charge is -2.12. The summed E-state index contributed by atoms with van der Waals surface area (Å²) in [6.45, 7) is 0.0443. The van der Waals surface area contributed by atoms with Crippen LogP contribution in [-0.2, 0) is 10.0 Å². The van der Waals surface area contributed by atoms with Gasteiger partial charge in [-0.3, -0.25) is 0 Å². The molecule has 1 saturated carbocycles. The standard InChI is InChI=1S/C12H16F2N2O3S/c13-10-4-8(15)5-11(14)12(10)20(18,19)16-6-7-1-2-9(17)3-7/h4-5,7,9,16-17H,1-3,6,15H2. The maximum Gasteiger partial charge on any atom is 0.246 e. The van der Waals surface area contributed by atoms with Gasteiger partial charge in [-0.15, -0.1) is 0 Å². The zero-order valence-corrected chi connectivity index (χ0v) is 11.5. The number of hydrogen-bond donors (Lipinski definition) is 3. The highest BCUT2D eigenvalue weighted by molar-refractivity contribution is 7.89. The van der Waals surface area contributed by atoms with Crippen molar-refractivity contribution in [2.45, 2.75) is 30.3 Å². The zero-order valence-electron chi connectivity index (χ0n) is 10.6. The Kier molecular flexibility index (Phi) is 4.26. The van der Waals surface area contributed by atoms with Crippen molar-refractivity contribution in [2.75, 3.05) is 12.3 Å². The smallest absolute Gasteiger partial charge is 0.246 e. The summed E-state index contributed by atoms with van der Waals surface area (Å²) in [5.41, 5.74) is 5.05. The molecule has 1 aliphatic carbocycles. The van der Waals surface area contributed by atoms with E-state index in [0.29, 0.717) is 19.3 Å². The van der Waals surface area contributed by atoms with Crippen molar-refractivity contribution in [1.82, 2.24) is 4.72 Å². The first kappa shape index (κ1) is 15.1. The minimum Gasteiger partial charge on any atom is -0.399 e. The maximum atomic E-state index is 13.6. The Morgan fingerprint density at radius 1 is 1.30 bits per heavy atom. The number of anilines is 1. The number of nitrogens with two attached hydrogens (primary N) is 1. The first-order chi connectivity index (χ1) is 9.29. The van der Waals surface area contributed by atoms with Crippen molar-refractivity contribution in [3.8, 4) is 0 Å². The van der Waals surface area contributed by atoms with E-state index in [1.54, 1.807) is 0 Å². The molecule has 112 valence electrons. The molecule has 2 unspecified atom stereocenters. The number of halogens is 2.